The summed E-state index contributed by atoms with van der Waals surface area (Å²) >= 11 is 0. The predicted octanol–water partition coefficient (Wildman–Crippen LogP) is 3.22. The van der Waals surface area contributed by atoms with Crippen molar-refractivity contribution in [2.45, 2.75) is 33.5 Å². The Morgan fingerprint density at radius 2 is 1.94 bits per heavy atom. The molecule has 0 atom stereocenters. The summed E-state index contributed by atoms with van der Waals surface area (Å²) in [5.41, 5.74) is -0.863. The number of hydrogen-bond acceptors (Lipinski definition) is 2. The summed E-state index contributed by atoms with van der Waals surface area (Å²) in [5, 5.41) is 0. The zero-order valence-electron chi connectivity index (χ0n) is 10.5. The van der Waals surface area contributed by atoms with Crippen LogP contribution in [0.25, 0.3) is 0 Å². The number of carbonyl (C=O) groups is 1. The molecule has 1 aromatic rings. The molecule has 6 heteroatoms. The van der Waals surface area contributed by atoms with Crippen LogP contribution in [0.5, 0.6) is 0 Å². The van der Waals surface area contributed by atoms with Crippen molar-refractivity contribution in [1.29, 1.82) is 0 Å². The summed E-state index contributed by atoms with van der Waals surface area (Å²) in [4.78, 5) is 12.7. The van der Waals surface area contributed by atoms with E-state index in [4.69, 9.17) is 4.42 Å². The van der Waals surface area contributed by atoms with Crippen LogP contribution in [0.3, 0.4) is 0 Å². The first-order chi connectivity index (χ1) is 8.09. The number of rotatable bonds is 3. The van der Waals surface area contributed by atoms with Gasteiger partial charge in [-0.3, -0.25) is 4.79 Å². The molecule has 18 heavy (non-hydrogen) atoms. The second-order valence-corrected chi connectivity index (χ2v) is 5.11. The maximum absolute atomic E-state index is 12.5. The Morgan fingerprint density at radius 1 is 1.33 bits per heavy atom. The second-order valence-electron chi connectivity index (χ2n) is 5.11. The van der Waals surface area contributed by atoms with Gasteiger partial charge in [-0.05, 0) is 12.1 Å². The zero-order valence-corrected chi connectivity index (χ0v) is 10.5. The second kappa shape index (κ2) is 5.04. The molecule has 1 amide bonds. The molecule has 0 bridgehead atoms. The number of nitrogens with zero attached hydrogens (tertiary/aromatic N) is 1. The molecule has 102 valence electrons. The van der Waals surface area contributed by atoms with Crippen LogP contribution < -0.4 is 0 Å². The van der Waals surface area contributed by atoms with Crippen molar-refractivity contribution in [3.05, 3.63) is 24.2 Å². The van der Waals surface area contributed by atoms with Crippen molar-refractivity contribution in [3.8, 4) is 0 Å². The molecular formula is C12H16F3NO2. The van der Waals surface area contributed by atoms with Gasteiger partial charge in [-0.2, -0.15) is 13.2 Å². The first kappa shape index (κ1) is 14.6. The molecule has 1 aromatic heterocycles. The summed E-state index contributed by atoms with van der Waals surface area (Å²) in [6.07, 6.45) is -3.06. The van der Waals surface area contributed by atoms with E-state index in [0.29, 0.717) is 5.76 Å². The third-order valence-corrected chi connectivity index (χ3v) is 2.23. The molecule has 0 aliphatic rings. The Bertz CT molecular complexity index is 390. The van der Waals surface area contributed by atoms with E-state index >= 15 is 0 Å². The highest BCUT2D eigenvalue weighted by atomic mass is 19.4. The SMILES string of the molecule is CC(C)(C)C(=O)N(Cc1ccco1)CC(F)(F)F. The zero-order chi connectivity index (χ0) is 14.0. The largest absolute Gasteiger partial charge is 0.467 e. The monoisotopic (exact) mass is 263 g/mol. The summed E-state index contributed by atoms with van der Waals surface area (Å²) < 4.78 is 42.4. The minimum absolute atomic E-state index is 0.178. The van der Waals surface area contributed by atoms with Crippen molar-refractivity contribution < 1.29 is 22.4 Å². The number of halogens is 3. The molecule has 0 aromatic carbocycles. The molecular weight excluding hydrogens is 247 g/mol. The molecule has 1 rings (SSSR count). The average Bonchev–Trinajstić information content (AvgIpc) is 2.64. The summed E-state index contributed by atoms with van der Waals surface area (Å²) in [7, 11) is 0. The Labute approximate surface area is 104 Å². The van der Waals surface area contributed by atoms with E-state index < -0.39 is 24.0 Å². The Balaban J connectivity index is 2.85. The van der Waals surface area contributed by atoms with Crippen LogP contribution in [0.4, 0.5) is 13.2 Å². The fourth-order valence-corrected chi connectivity index (χ4v) is 1.48. The van der Waals surface area contributed by atoms with Crippen molar-refractivity contribution >= 4 is 5.91 Å². The van der Waals surface area contributed by atoms with Gasteiger partial charge >= 0.3 is 6.18 Å². The van der Waals surface area contributed by atoms with Crippen LogP contribution in [0.2, 0.25) is 0 Å². The number of carbonyl (C=O) groups excluding carboxylic acids is 1. The van der Waals surface area contributed by atoms with E-state index in [1.807, 2.05) is 0 Å². The van der Waals surface area contributed by atoms with Crippen molar-refractivity contribution in [3.63, 3.8) is 0 Å². The summed E-state index contributed by atoms with van der Waals surface area (Å²) in [6, 6.07) is 3.11. The van der Waals surface area contributed by atoms with Gasteiger partial charge in [0.15, 0.2) is 0 Å². The van der Waals surface area contributed by atoms with E-state index in [2.05, 4.69) is 0 Å². The van der Waals surface area contributed by atoms with Crippen LogP contribution in [0, 0.1) is 5.41 Å². The molecule has 0 aliphatic heterocycles. The molecule has 0 radical (unpaired) electrons. The molecule has 0 saturated heterocycles. The van der Waals surface area contributed by atoms with E-state index in [1.165, 1.54) is 6.26 Å². The fraction of sp³-hybridized carbons (Fsp3) is 0.583. The maximum Gasteiger partial charge on any atom is 0.406 e. The van der Waals surface area contributed by atoms with Crippen LogP contribution in [-0.2, 0) is 11.3 Å². The molecule has 0 N–H and O–H groups in total. The minimum atomic E-state index is -4.42. The topological polar surface area (TPSA) is 33.5 Å². The smallest absolute Gasteiger partial charge is 0.406 e. The van der Waals surface area contributed by atoms with E-state index in [0.717, 1.165) is 4.90 Å². The van der Waals surface area contributed by atoms with Crippen LogP contribution in [0.1, 0.15) is 26.5 Å². The van der Waals surface area contributed by atoms with Gasteiger partial charge < -0.3 is 9.32 Å². The maximum atomic E-state index is 12.5. The highest BCUT2D eigenvalue weighted by molar-refractivity contribution is 5.81. The molecule has 0 unspecified atom stereocenters. The Morgan fingerprint density at radius 3 is 2.33 bits per heavy atom. The van der Waals surface area contributed by atoms with Crippen molar-refractivity contribution in [2.24, 2.45) is 5.41 Å². The van der Waals surface area contributed by atoms with Gasteiger partial charge in [-0.15, -0.1) is 0 Å². The number of hydrogen-bond donors (Lipinski definition) is 0. The summed E-state index contributed by atoms with van der Waals surface area (Å²) in [5.74, 6) is -0.229. The lowest BCUT2D eigenvalue weighted by Crippen LogP contribution is -2.43. The van der Waals surface area contributed by atoms with Crippen molar-refractivity contribution in [2.75, 3.05) is 6.54 Å². The van der Waals surface area contributed by atoms with E-state index in [1.54, 1.807) is 32.9 Å². The van der Waals surface area contributed by atoms with Crippen molar-refractivity contribution in [1.82, 2.24) is 4.90 Å². The van der Waals surface area contributed by atoms with Gasteiger partial charge in [0.25, 0.3) is 0 Å². The molecule has 3 nitrogen and oxygen atoms in total. The predicted molar refractivity (Wildman–Crippen MR) is 59.6 cm³/mol. The lowest BCUT2D eigenvalue weighted by Gasteiger charge is -2.29. The number of alkyl halides is 3. The highest BCUT2D eigenvalue weighted by Gasteiger charge is 2.36. The lowest BCUT2D eigenvalue weighted by atomic mass is 9.94. The van der Waals surface area contributed by atoms with Crippen LogP contribution in [-0.4, -0.2) is 23.5 Å². The number of amides is 1. The fourth-order valence-electron chi connectivity index (χ4n) is 1.48. The average molecular weight is 263 g/mol. The van der Waals surface area contributed by atoms with Gasteiger partial charge in [0.2, 0.25) is 5.91 Å². The van der Waals surface area contributed by atoms with Gasteiger partial charge in [-0.25, -0.2) is 0 Å². The van der Waals surface area contributed by atoms with Crippen LogP contribution >= 0.6 is 0 Å². The quantitative estimate of drug-likeness (QED) is 0.839. The van der Waals surface area contributed by atoms with E-state index in [-0.39, 0.29) is 6.54 Å². The molecule has 0 aliphatic carbocycles. The van der Waals surface area contributed by atoms with Gasteiger partial charge in [0.05, 0.1) is 12.8 Å². The molecule has 0 saturated carbocycles. The summed E-state index contributed by atoms with van der Waals surface area (Å²) in [6.45, 7) is 3.30. The molecule has 0 spiro atoms. The molecule has 0 fully saturated rings. The van der Waals surface area contributed by atoms with E-state index in [9.17, 15) is 18.0 Å². The Kier molecular flexibility index (Phi) is 4.09. The number of furan rings is 1. The highest BCUT2D eigenvalue weighted by Crippen LogP contribution is 2.24. The standard InChI is InChI=1S/C12H16F3NO2/c1-11(2,3)10(17)16(8-12(13,14)15)7-9-5-4-6-18-9/h4-6H,7-8H2,1-3H3. The van der Waals surface area contributed by atoms with Gasteiger partial charge in [0.1, 0.15) is 12.3 Å². The molecule has 1 heterocycles. The van der Waals surface area contributed by atoms with Gasteiger partial charge in [0, 0.05) is 5.41 Å². The Hall–Kier alpha value is -1.46. The minimum Gasteiger partial charge on any atom is -0.467 e. The first-order valence-electron chi connectivity index (χ1n) is 5.48. The lowest BCUT2D eigenvalue weighted by molar-refractivity contribution is -0.167. The third kappa shape index (κ3) is 4.43. The van der Waals surface area contributed by atoms with Crippen LogP contribution in [0.15, 0.2) is 22.8 Å². The van der Waals surface area contributed by atoms with Gasteiger partial charge in [-0.1, -0.05) is 20.8 Å². The third-order valence-electron chi connectivity index (χ3n) is 2.23. The normalized spacial score (nSPS) is 12.6. The first-order valence-corrected chi connectivity index (χ1v) is 5.48.